The van der Waals surface area contributed by atoms with Crippen molar-refractivity contribution < 1.29 is 27.8 Å². The molecule has 0 spiro atoms. The van der Waals surface area contributed by atoms with Gasteiger partial charge in [-0.3, -0.25) is 25.7 Å². The number of nitrogens with one attached hydrogen (secondary N) is 1. The fourth-order valence-electron chi connectivity index (χ4n) is 2.51. The molecule has 0 atom stereocenters. The van der Waals surface area contributed by atoms with E-state index in [4.69, 9.17) is 4.74 Å². The average Bonchev–Trinajstić information content (AvgIpc) is 2.74. The van der Waals surface area contributed by atoms with Crippen molar-refractivity contribution in [2.75, 3.05) is 5.43 Å². The Hall–Kier alpha value is -4.48. The van der Waals surface area contributed by atoms with Crippen molar-refractivity contribution >= 4 is 23.3 Å². The van der Waals surface area contributed by atoms with Gasteiger partial charge in [0, 0.05) is 18.2 Å². The van der Waals surface area contributed by atoms with Crippen molar-refractivity contribution in [3.63, 3.8) is 0 Å². The lowest BCUT2D eigenvalue weighted by Gasteiger charge is -2.10. The molecular weight excluding hydrogens is 433 g/mol. The maximum absolute atomic E-state index is 12.8. The Morgan fingerprint density at radius 1 is 0.906 bits per heavy atom. The van der Waals surface area contributed by atoms with E-state index >= 15 is 0 Å². The number of benzene rings is 3. The van der Waals surface area contributed by atoms with Crippen LogP contribution in [0.2, 0.25) is 0 Å². The molecule has 0 aliphatic carbocycles. The third-order valence-corrected chi connectivity index (χ3v) is 4.08. The molecule has 0 fully saturated rings. The lowest BCUT2D eigenvalue weighted by atomic mass is 10.2. The van der Waals surface area contributed by atoms with Crippen molar-refractivity contribution in [2.45, 2.75) is 6.18 Å². The molecule has 32 heavy (non-hydrogen) atoms. The zero-order chi connectivity index (χ0) is 23.3. The normalized spacial score (nSPS) is 11.3. The number of ether oxygens (including phenoxy) is 1. The summed E-state index contributed by atoms with van der Waals surface area (Å²) >= 11 is 0. The van der Waals surface area contributed by atoms with Gasteiger partial charge in [-0.2, -0.15) is 18.3 Å². The molecule has 0 saturated carbocycles. The van der Waals surface area contributed by atoms with Crippen LogP contribution in [0.15, 0.2) is 71.8 Å². The zero-order valence-electron chi connectivity index (χ0n) is 15.9. The Bertz CT molecular complexity index is 1160. The Balaban J connectivity index is 1.67. The van der Waals surface area contributed by atoms with E-state index in [1.807, 2.05) is 0 Å². The molecule has 0 aromatic heterocycles. The van der Waals surface area contributed by atoms with Crippen LogP contribution in [0.25, 0.3) is 0 Å². The van der Waals surface area contributed by atoms with Gasteiger partial charge in [-0.1, -0.05) is 0 Å². The number of nitrogens with zero attached hydrogens (tertiary/aromatic N) is 3. The molecule has 0 amide bonds. The summed E-state index contributed by atoms with van der Waals surface area (Å²) in [6.07, 6.45) is -3.27. The Morgan fingerprint density at radius 3 is 2.12 bits per heavy atom. The number of nitro benzene ring substituents is 2. The monoisotopic (exact) mass is 446 g/mol. The van der Waals surface area contributed by atoms with Crippen molar-refractivity contribution in [3.8, 4) is 11.5 Å². The number of halogens is 3. The number of rotatable bonds is 7. The summed E-state index contributed by atoms with van der Waals surface area (Å²) in [5.41, 5.74) is 1.84. The van der Waals surface area contributed by atoms with E-state index in [-0.39, 0.29) is 17.2 Å². The molecule has 0 unspecified atom stereocenters. The number of hydrazone groups is 1. The molecule has 164 valence electrons. The number of anilines is 1. The molecule has 0 aliphatic rings. The van der Waals surface area contributed by atoms with Crippen LogP contribution >= 0.6 is 0 Å². The highest BCUT2D eigenvalue weighted by atomic mass is 19.4. The maximum Gasteiger partial charge on any atom is 0.416 e. The van der Waals surface area contributed by atoms with Gasteiger partial charge in [-0.15, -0.1) is 0 Å². The predicted octanol–water partition coefficient (Wildman–Crippen LogP) is 5.76. The standard InChI is InChI=1S/C20H13F3N4O5/c21-20(22,23)14-3-10-19(18(11-14)27(30)31)32-17-8-1-13(2-9-17)12-24-25-15-4-6-16(7-5-15)26(28)29/h1-12,25H/b24-12+. The van der Waals surface area contributed by atoms with E-state index in [0.29, 0.717) is 23.4 Å². The highest BCUT2D eigenvalue weighted by Crippen LogP contribution is 2.37. The third kappa shape index (κ3) is 5.56. The van der Waals surface area contributed by atoms with Crippen LogP contribution in [-0.4, -0.2) is 16.1 Å². The minimum atomic E-state index is -4.72. The summed E-state index contributed by atoms with van der Waals surface area (Å²) in [5, 5.41) is 25.7. The quantitative estimate of drug-likeness (QED) is 0.280. The maximum atomic E-state index is 12.8. The molecule has 3 aromatic carbocycles. The smallest absolute Gasteiger partial charge is 0.416 e. The van der Waals surface area contributed by atoms with Crippen LogP contribution in [0, 0.1) is 20.2 Å². The molecule has 0 bridgehead atoms. The molecule has 0 heterocycles. The number of hydrogen-bond acceptors (Lipinski definition) is 7. The summed E-state index contributed by atoms with van der Waals surface area (Å²) in [5.74, 6) is -0.155. The van der Waals surface area contributed by atoms with E-state index in [2.05, 4.69) is 10.5 Å². The second kappa shape index (κ2) is 9.12. The van der Waals surface area contributed by atoms with Crippen LogP contribution in [0.4, 0.5) is 30.2 Å². The first-order valence-corrected chi connectivity index (χ1v) is 8.80. The van der Waals surface area contributed by atoms with Gasteiger partial charge in [0.25, 0.3) is 5.69 Å². The van der Waals surface area contributed by atoms with Crippen LogP contribution in [-0.2, 0) is 6.18 Å². The number of nitro groups is 2. The Morgan fingerprint density at radius 2 is 1.56 bits per heavy atom. The lowest BCUT2D eigenvalue weighted by molar-refractivity contribution is -0.385. The topological polar surface area (TPSA) is 120 Å². The van der Waals surface area contributed by atoms with E-state index in [9.17, 15) is 33.4 Å². The van der Waals surface area contributed by atoms with Gasteiger partial charge in [0.2, 0.25) is 5.75 Å². The number of hydrogen-bond donors (Lipinski definition) is 1. The van der Waals surface area contributed by atoms with Gasteiger partial charge in [0.05, 0.1) is 27.3 Å². The van der Waals surface area contributed by atoms with Crippen molar-refractivity contribution in [3.05, 3.63) is 98.1 Å². The van der Waals surface area contributed by atoms with Crippen LogP contribution in [0.5, 0.6) is 11.5 Å². The highest BCUT2D eigenvalue weighted by molar-refractivity contribution is 5.80. The first-order valence-electron chi connectivity index (χ1n) is 8.80. The Kier molecular flexibility index (Phi) is 6.33. The van der Waals surface area contributed by atoms with Gasteiger partial charge < -0.3 is 4.74 Å². The van der Waals surface area contributed by atoms with Gasteiger partial charge in [0.15, 0.2) is 0 Å². The highest BCUT2D eigenvalue weighted by Gasteiger charge is 2.33. The number of alkyl halides is 3. The lowest BCUT2D eigenvalue weighted by Crippen LogP contribution is -2.06. The molecule has 0 aliphatic heterocycles. The molecule has 3 aromatic rings. The van der Waals surface area contributed by atoms with E-state index in [1.165, 1.54) is 42.6 Å². The molecule has 1 N–H and O–H groups in total. The molecule has 9 nitrogen and oxygen atoms in total. The minimum absolute atomic E-state index is 0.0524. The average molecular weight is 446 g/mol. The Labute approximate surface area is 178 Å². The summed E-state index contributed by atoms with van der Waals surface area (Å²) in [4.78, 5) is 20.3. The molecular formula is C20H13F3N4O5. The van der Waals surface area contributed by atoms with Crippen molar-refractivity contribution in [1.82, 2.24) is 0 Å². The second-order valence-electron chi connectivity index (χ2n) is 6.28. The van der Waals surface area contributed by atoms with Gasteiger partial charge in [0.1, 0.15) is 5.75 Å². The summed E-state index contributed by atoms with van der Waals surface area (Å²) < 4.78 is 43.7. The van der Waals surface area contributed by atoms with Crippen molar-refractivity contribution in [1.29, 1.82) is 0 Å². The van der Waals surface area contributed by atoms with Gasteiger partial charge in [-0.05, 0) is 54.1 Å². The van der Waals surface area contributed by atoms with Crippen LogP contribution in [0.1, 0.15) is 11.1 Å². The van der Waals surface area contributed by atoms with Crippen molar-refractivity contribution in [2.24, 2.45) is 5.10 Å². The van der Waals surface area contributed by atoms with E-state index in [0.717, 1.165) is 6.07 Å². The predicted molar refractivity (Wildman–Crippen MR) is 109 cm³/mol. The summed E-state index contributed by atoms with van der Waals surface area (Å²) in [6.45, 7) is 0. The van der Waals surface area contributed by atoms with Gasteiger partial charge >= 0.3 is 11.9 Å². The third-order valence-electron chi connectivity index (χ3n) is 4.08. The largest absolute Gasteiger partial charge is 0.450 e. The second-order valence-corrected chi connectivity index (χ2v) is 6.28. The molecule has 12 heteroatoms. The number of non-ortho nitro benzene ring substituents is 1. The zero-order valence-corrected chi connectivity index (χ0v) is 15.9. The first kappa shape index (κ1) is 22.2. The van der Waals surface area contributed by atoms with E-state index in [1.54, 1.807) is 12.1 Å². The van der Waals surface area contributed by atoms with E-state index < -0.39 is 27.3 Å². The molecule has 0 radical (unpaired) electrons. The fourth-order valence-corrected chi connectivity index (χ4v) is 2.51. The van der Waals surface area contributed by atoms with Crippen LogP contribution in [0.3, 0.4) is 0 Å². The fraction of sp³-hybridized carbons (Fsp3) is 0.0500. The first-order chi connectivity index (χ1) is 15.1. The molecule has 0 saturated heterocycles. The summed E-state index contributed by atoms with van der Waals surface area (Å²) in [7, 11) is 0. The van der Waals surface area contributed by atoms with Gasteiger partial charge in [-0.25, -0.2) is 0 Å². The SMILES string of the molecule is O=[N+]([O-])c1ccc(N/N=C/c2ccc(Oc3ccc(C(F)(F)F)cc3[N+](=O)[O-])cc2)cc1. The minimum Gasteiger partial charge on any atom is -0.450 e. The molecule has 3 rings (SSSR count). The van der Waals surface area contributed by atoms with Crippen LogP contribution < -0.4 is 10.2 Å². The summed E-state index contributed by atoms with van der Waals surface area (Å²) in [6, 6.07) is 13.7.